The molecule has 0 spiro atoms. The van der Waals surface area contributed by atoms with Gasteiger partial charge in [-0.3, -0.25) is 19.7 Å². The summed E-state index contributed by atoms with van der Waals surface area (Å²) in [7, 11) is 0. The molecule has 4 nitrogen and oxygen atoms in total. The van der Waals surface area contributed by atoms with Crippen molar-refractivity contribution in [3.05, 3.63) is 0 Å². The lowest BCUT2D eigenvalue weighted by Gasteiger charge is -2.22. The van der Waals surface area contributed by atoms with Crippen molar-refractivity contribution in [3.63, 3.8) is 0 Å². The van der Waals surface area contributed by atoms with Crippen molar-refractivity contribution in [1.82, 2.24) is 5.32 Å². The van der Waals surface area contributed by atoms with Gasteiger partial charge in [-0.25, -0.2) is 0 Å². The van der Waals surface area contributed by atoms with Gasteiger partial charge in [-0.1, -0.05) is 0 Å². The van der Waals surface area contributed by atoms with Gasteiger partial charge in [0.2, 0.25) is 11.8 Å². The molecular weight excluding hydrogens is 134 g/mol. The Hall–Kier alpha value is -1.19. The molecule has 10 heavy (non-hydrogen) atoms. The molecule has 0 bridgehead atoms. The van der Waals surface area contributed by atoms with Crippen molar-refractivity contribution in [3.8, 4) is 0 Å². The fourth-order valence-corrected chi connectivity index (χ4v) is 1.39. The third kappa shape index (κ3) is 0.442. The van der Waals surface area contributed by atoms with Gasteiger partial charge in [0.15, 0.2) is 0 Å². The summed E-state index contributed by atoms with van der Waals surface area (Å²) in [6, 6.07) is 0. The highest BCUT2D eigenvalue weighted by Crippen LogP contribution is 2.34. The zero-order chi connectivity index (χ0) is 7.30. The van der Waals surface area contributed by atoms with Crippen LogP contribution in [0, 0.1) is 11.8 Å². The fourth-order valence-electron chi connectivity index (χ4n) is 1.39. The number of fused-ring (bicyclic) bond motifs is 1. The van der Waals surface area contributed by atoms with Crippen LogP contribution in [-0.4, -0.2) is 17.6 Å². The lowest BCUT2D eigenvalue weighted by Crippen LogP contribution is -2.39. The molecular formula is C6H5NO3. The van der Waals surface area contributed by atoms with Crippen LogP contribution in [0.2, 0.25) is 0 Å². The molecule has 0 aromatic heterocycles. The standard InChI is InChI=1S/C6H5NO3/c8-3-1-2-4(3)6(10)7-5(2)9/h2,4H,1H2,(H,7,9,10). The SMILES string of the molecule is O=C1NC(=O)C2C(=O)CC12. The molecule has 52 valence electrons. The van der Waals surface area contributed by atoms with Gasteiger partial charge in [0.1, 0.15) is 11.7 Å². The highest BCUT2D eigenvalue weighted by Gasteiger charge is 2.54. The van der Waals surface area contributed by atoms with Crippen LogP contribution in [0.3, 0.4) is 0 Å². The normalized spacial score (nSPS) is 37.0. The van der Waals surface area contributed by atoms with Gasteiger partial charge in [0, 0.05) is 6.42 Å². The minimum absolute atomic E-state index is 0.103. The molecule has 2 atom stereocenters. The fraction of sp³-hybridized carbons (Fsp3) is 0.500. The quantitative estimate of drug-likeness (QED) is 0.340. The second kappa shape index (κ2) is 1.45. The highest BCUT2D eigenvalue weighted by atomic mass is 16.2. The van der Waals surface area contributed by atoms with Crippen LogP contribution in [0.5, 0.6) is 0 Å². The summed E-state index contributed by atoms with van der Waals surface area (Å²) >= 11 is 0. The van der Waals surface area contributed by atoms with Gasteiger partial charge in [-0.15, -0.1) is 0 Å². The van der Waals surface area contributed by atoms with Crippen LogP contribution in [0.15, 0.2) is 0 Å². The number of carbonyl (C=O) groups is 3. The first-order valence-electron chi connectivity index (χ1n) is 3.07. The van der Waals surface area contributed by atoms with Crippen molar-refractivity contribution in [2.24, 2.45) is 11.8 Å². The van der Waals surface area contributed by atoms with Crippen LogP contribution in [0.4, 0.5) is 0 Å². The molecule has 2 unspecified atom stereocenters. The smallest absolute Gasteiger partial charge is 0.237 e. The van der Waals surface area contributed by atoms with Gasteiger partial charge >= 0.3 is 0 Å². The maximum absolute atomic E-state index is 10.7. The predicted molar refractivity (Wildman–Crippen MR) is 29.8 cm³/mol. The average molecular weight is 139 g/mol. The van der Waals surface area contributed by atoms with E-state index in [-0.39, 0.29) is 24.0 Å². The van der Waals surface area contributed by atoms with Crippen molar-refractivity contribution >= 4 is 17.6 Å². The minimum atomic E-state index is -0.632. The predicted octanol–water partition coefficient (Wildman–Crippen LogP) is -1.15. The third-order valence-corrected chi connectivity index (χ3v) is 2.04. The second-order valence-corrected chi connectivity index (χ2v) is 2.61. The van der Waals surface area contributed by atoms with E-state index in [2.05, 4.69) is 5.32 Å². The molecule has 0 aromatic rings. The van der Waals surface area contributed by atoms with Crippen LogP contribution < -0.4 is 5.32 Å². The zero-order valence-electron chi connectivity index (χ0n) is 5.09. The first kappa shape index (κ1) is 5.58. The highest BCUT2D eigenvalue weighted by molar-refractivity contribution is 6.20. The molecule has 1 aliphatic heterocycles. The Labute approximate surface area is 56.6 Å². The van der Waals surface area contributed by atoms with Crippen molar-refractivity contribution in [2.45, 2.75) is 6.42 Å². The zero-order valence-corrected chi connectivity index (χ0v) is 5.09. The molecule has 1 aliphatic carbocycles. The molecule has 2 aliphatic rings. The number of nitrogens with one attached hydrogen (secondary N) is 1. The number of imide groups is 1. The Balaban J connectivity index is 2.31. The van der Waals surface area contributed by atoms with E-state index in [1.54, 1.807) is 0 Å². The Kier molecular flexibility index (Phi) is 0.809. The van der Waals surface area contributed by atoms with Crippen LogP contribution in [0.1, 0.15) is 6.42 Å². The number of hydrogen-bond acceptors (Lipinski definition) is 3. The molecule has 1 heterocycles. The summed E-state index contributed by atoms with van der Waals surface area (Å²) in [5, 5.41) is 2.11. The van der Waals surface area contributed by atoms with E-state index >= 15 is 0 Å². The average Bonchev–Trinajstić information content (AvgIpc) is 2.01. The van der Waals surface area contributed by atoms with Crippen molar-refractivity contribution < 1.29 is 14.4 Å². The molecule has 4 heteroatoms. The Bertz CT molecular complexity index is 245. The van der Waals surface area contributed by atoms with Crippen LogP contribution in [-0.2, 0) is 14.4 Å². The van der Waals surface area contributed by atoms with Crippen LogP contribution >= 0.6 is 0 Å². The van der Waals surface area contributed by atoms with E-state index in [0.29, 0.717) is 0 Å². The van der Waals surface area contributed by atoms with Gasteiger partial charge in [0.25, 0.3) is 0 Å². The number of ketones is 1. The topological polar surface area (TPSA) is 63.2 Å². The molecule has 2 fully saturated rings. The summed E-state index contributed by atoms with van der Waals surface area (Å²) in [5.41, 5.74) is 0. The van der Waals surface area contributed by atoms with E-state index in [1.807, 2.05) is 0 Å². The van der Waals surface area contributed by atoms with Gasteiger partial charge in [0.05, 0.1) is 5.92 Å². The van der Waals surface area contributed by atoms with Crippen LogP contribution in [0.25, 0.3) is 0 Å². The maximum Gasteiger partial charge on any atom is 0.237 e. The summed E-state index contributed by atoms with van der Waals surface area (Å²) in [5.74, 6) is -1.76. The van der Waals surface area contributed by atoms with E-state index in [9.17, 15) is 14.4 Å². The second-order valence-electron chi connectivity index (χ2n) is 2.61. The first-order chi connectivity index (χ1) is 4.70. The Morgan fingerprint density at radius 2 is 1.90 bits per heavy atom. The number of carbonyl (C=O) groups excluding carboxylic acids is 3. The van der Waals surface area contributed by atoms with Crippen molar-refractivity contribution in [2.75, 3.05) is 0 Å². The van der Waals surface area contributed by atoms with E-state index in [1.165, 1.54) is 0 Å². The molecule has 0 radical (unpaired) electrons. The summed E-state index contributed by atoms with van der Waals surface area (Å²) in [4.78, 5) is 32.1. The molecule has 2 amide bonds. The Morgan fingerprint density at radius 1 is 1.20 bits per heavy atom. The first-order valence-corrected chi connectivity index (χ1v) is 3.07. The van der Waals surface area contributed by atoms with E-state index in [4.69, 9.17) is 0 Å². The number of rotatable bonds is 0. The molecule has 0 aromatic carbocycles. The molecule has 1 N–H and O–H groups in total. The molecule has 2 rings (SSSR count). The lowest BCUT2D eigenvalue weighted by molar-refractivity contribution is -0.142. The van der Waals surface area contributed by atoms with E-state index < -0.39 is 11.8 Å². The summed E-state index contributed by atoms with van der Waals surface area (Å²) in [6.45, 7) is 0. The van der Waals surface area contributed by atoms with Gasteiger partial charge in [-0.2, -0.15) is 0 Å². The maximum atomic E-state index is 10.7. The minimum Gasteiger partial charge on any atom is -0.299 e. The molecule has 1 saturated carbocycles. The number of amides is 2. The molecule has 1 saturated heterocycles. The van der Waals surface area contributed by atoms with Gasteiger partial charge in [-0.05, 0) is 0 Å². The van der Waals surface area contributed by atoms with Crippen molar-refractivity contribution in [1.29, 1.82) is 0 Å². The number of hydrogen-bond donors (Lipinski definition) is 1. The van der Waals surface area contributed by atoms with E-state index in [0.717, 1.165) is 0 Å². The number of Topliss-reactive ketones (excluding diaryl/α,β-unsaturated/α-hetero) is 1. The van der Waals surface area contributed by atoms with Gasteiger partial charge < -0.3 is 0 Å². The monoisotopic (exact) mass is 139 g/mol. The largest absolute Gasteiger partial charge is 0.299 e. The summed E-state index contributed by atoms with van der Waals surface area (Å²) < 4.78 is 0. The third-order valence-electron chi connectivity index (χ3n) is 2.04. The Morgan fingerprint density at radius 3 is 2.30 bits per heavy atom. The summed E-state index contributed by atoms with van der Waals surface area (Å²) in [6.07, 6.45) is 0.252. The lowest BCUT2D eigenvalue weighted by atomic mass is 9.74.